The van der Waals surface area contributed by atoms with Gasteiger partial charge >= 0.3 is 0 Å². The molecule has 20 heavy (non-hydrogen) atoms. The molecule has 0 unspecified atom stereocenters. The lowest BCUT2D eigenvalue weighted by atomic mass is 10.2. The van der Waals surface area contributed by atoms with Crippen molar-refractivity contribution in [1.29, 1.82) is 0 Å². The third-order valence-electron chi connectivity index (χ3n) is 2.93. The molecule has 0 aliphatic carbocycles. The highest BCUT2D eigenvalue weighted by Gasteiger charge is 2.09. The number of anilines is 4. The molecule has 1 aromatic carbocycles. The smallest absolute Gasteiger partial charge is 0.136 e. The highest BCUT2D eigenvalue weighted by molar-refractivity contribution is 5.74. The number of benzene rings is 1. The first-order chi connectivity index (χ1) is 9.47. The Hall–Kier alpha value is -2.30. The molecule has 0 radical (unpaired) electrons. The summed E-state index contributed by atoms with van der Waals surface area (Å²) >= 11 is 0. The molecule has 0 fully saturated rings. The first-order valence-corrected chi connectivity index (χ1v) is 6.65. The number of hydrogen-bond acceptors (Lipinski definition) is 5. The number of aromatic nitrogens is 2. The van der Waals surface area contributed by atoms with E-state index in [9.17, 15) is 0 Å². The molecule has 0 aliphatic heterocycles. The monoisotopic (exact) mass is 271 g/mol. The quantitative estimate of drug-likeness (QED) is 0.894. The van der Waals surface area contributed by atoms with E-state index in [0.29, 0.717) is 5.82 Å². The van der Waals surface area contributed by atoms with Crippen LogP contribution in [0.3, 0.4) is 0 Å². The van der Waals surface area contributed by atoms with Crippen molar-refractivity contribution < 1.29 is 0 Å². The molecule has 0 amide bonds. The van der Waals surface area contributed by atoms with Gasteiger partial charge in [0.2, 0.25) is 0 Å². The second kappa shape index (κ2) is 5.77. The van der Waals surface area contributed by atoms with Crippen molar-refractivity contribution in [2.75, 3.05) is 30.0 Å². The molecule has 0 aliphatic rings. The molecule has 0 atom stereocenters. The highest BCUT2D eigenvalue weighted by Crippen LogP contribution is 2.27. The summed E-state index contributed by atoms with van der Waals surface area (Å²) in [6.07, 6.45) is 0. The second-order valence-corrected chi connectivity index (χ2v) is 5.23. The van der Waals surface area contributed by atoms with E-state index in [-0.39, 0.29) is 5.92 Å². The van der Waals surface area contributed by atoms with Gasteiger partial charge in [-0.05, 0) is 12.1 Å². The lowest BCUT2D eigenvalue weighted by Gasteiger charge is -2.18. The Morgan fingerprint density at radius 1 is 1.15 bits per heavy atom. The zero-order valence-corrected chi connectivity index (χ0v) is 12.4. The summed E-state index contributed by atoms with van der Waals surface area (Å²) in [5.74, 6) is 2.18. The van der Waals surface area contributed by atoms with E-state index in [2.05, 4.69) is 26.3 Å². The van der Waals surface area contributed by atoms with Crippen LogP contribution in [0.15, 0.2) is 30.3 Å². The second-order valence-electron chi connectivity index (χ2n) is 5.23. The van der Waals surface area contributed by atoms with Gasteiger partial charge in [0.25, 0.3) is 0 Å². The van der Waals surface area contributed by atoms with E-state index in [4.69, 9.17) is 5.73 Å². The summed E-state index contributed by atoms with van der Waals surface area (Å²) in [5, 5.41) is 3.32. The predicted molar refractivity (Wildman–Crippen MR) is 84.6 cm³/mol. The van der Waals surface area contributed by atoms with Crippen LogP contribution in [0.2, 0.25) is 0 Å². The standard InChI is InChI=1S/C15H21N5/c1-10(2)15-18-13(16)9-14(19-15)17-11-7-5-6-8-12(11)20(3)4/h5-10H,1-4H3,(H3,16,17,18,19). The molecule has 0 spiro atoms. The number of hydrogen-bond donors (Lipinski definition) is 2. The normalized spacial score (nSPS) is 10.7. The Bertz CT molecular complexity index is 593. The van der Waals surface area contributed by atoms with Gasteiger partial charge in [-0.15, -0.1) is 0 Å². The highest BCUT2D eigenvalue weighted by atomic mass is 15.1. The van der Waals surface area contributed by atoms with Gasteiger partial charge in [0, 0.05) is 26.1 Å². The van der Waals surface area contributed by atoms with E-state index < -0.39 is 0 Å². The SMILES string of the molecule is CC(C)c1nc(N)cc(Nc2ccccc2N(C)C)n1. The van der Waals surface area contributed by atoms with Crippen LogP contribution < -0.4 is 16.0 Å². The molecule has 3 N–H and O–H groups in total. The van der Waals surface area contributed by atoms with Gasteiger partial charge in [-0.1, -0.05) is 26.0 Å². The predicted octanol–water partition coefficient (Wildman–Crippen LogP) is 2.99. The molecule has 0 saturated heterocycles. The van der Waals surface area contributed by atoms with Crippen molar-refractivity contribution in [3.63, 3.8) is 0 Å². The first-order valence-electron chi connectivity index (χ1n) is 6.65. The fourth-order valence-electron chi connectivity index (χ4n) is 1.91. The lowest BCUT2D eigenvalue weighted by molar-refractivity contribution is 0.779. The molecule has 2 rings (SSSR count). The average molecular weight is 271 g/mol. The number of nitrogens with two attached hydrogens (primary N) is 1. The van der Waals surface area contributed by atoms with Gasteiger partial charge in [0.1, 0.15) is 17.5 Å². The van der Waals surface area contributed by atoms with Gasteiger partial charge in [-0.25, -0.2) is 9.97 Å². The van der Waals surface area contributed by atoms with Crippen molar-refractivity contribution in [3.05, 3.63) is 36.2 Å². The van der Waals surface area contributed by atoms with Gasteiger partial charge < -0.3 is 16.0 Å². The van der Waals surface area contributed by atoms with Crippen molar-refractivity contribution >= 4 is 23.0 Å². The Morgan fingerprint density at radius 3 is 2.50 bits per heavy atom. The summed E-state index contributed by atoms with van der Waals surface area (Å²) in [5.41, 5.74) is 7.93. The molecule has 1 aromatic heterocycles. The third-order valence-corrected chi connectivity index (χ3v) is 2.93. The van der Waals surface area contributed by atoms with E-state index in [1.807, 2.05) is 46.1 Å². The van der Waals surface area contributed by atoms with Crippen LogP contribution in [0, 0.1) is 0 Å². The molecule has 2 aromatic rings. The number of para-hydroxylation sites is 2. The Kier molecular flexibility index (Phi) is 4.08. The summed E-state index contributed by atoms with van der Waals surface area (Å²) in [6.45, 7) is 4.10. The maximum atomic E-state index is 5.85. The summed E-state index contributed by atoms with van der Waals surface area (Å²) in [4.78, 5) is 10.8. The van der Waals surface area contributed by atoms with Crippen molar-refractivity contribution in [2.24, 2.45) is 0 Å². The zero-order chi connectivity index (χ0) is 14.7. The number of nitrogen functional groups attached to an aromatic ring is 1. The minimum Gasteiger partial charge on any atom is -0.384 e. The molecule has 1 heterocycles. The zero-order valence-electron chi connectivity index (χ0n) is 12.4. The van der Waals surface area contributed by atoms with Crippen LogP contribution >= 0.6 is 0 Å². The molecule has 5 nitrogen and oxygen atoms in total. The van der Waals surface area contributed by atoms with E-state index >= 15 is 0 Å². The lowest BCUT2D eigenvalue weighted by Crippen LogP contribution is -2.11. The van der Waals surface area contributed by atoms with Crippen molar-refractivity contribution in [2.45, 2.75) is 19.8 Å². The Balaban J connectivity index is 2.35. The maximum Gasteiger partial charge on any atom is 0.136 e. The van der Waals surface area contributed by atoms with Crippen LogP contribution in [-0.2, 0) is 0 Å². The summed E-state index contributed by atoms with van der Waals surface area (Å²) in [6, 6.07) is 9.81. The van der Waals surface area contributed by atoms with Gasteiger partial charge in [-0.2, -0.15) is 0 Å². The molecule has 0 bridgehead atoms. The summed E-state index contributed by atoms with van der Waals surface area (Å²) in [7, 11) is 4.02. The number of nitrogens with one attached hydrogen (secondary N) is 1. The van der Waals surface area contributed by atoms with Crippen LogP contribution in [0.4, 0.5) is 23.0 Å². The maximum absolute atomic E-state index is 5.85. The molecular weight excluding hydrogens is 250 g/mol. The third kappa shape index (κ3) is 3.17. The molecular formula is C15H21N5. The van der Waals surface area contributed by atoms with E-state index in [1.165, 1.54) is 0 Å². The summed E-state index contributed by atoms with van der Waals surface area (Å²) < 4.78 is 0. The van der Waals surface area contributed by atoms with Gasteiger partial charge in [0.05, 0.1) is 11.4 Å². The Labute approximate surface area is 119 Å². The molecule has 5 heteroatoms. The minimum atomic E-state index is 0.239. The fourth-order valence-corrected chi connectivity index (χ4v) is 1.91. The number of nitrogens with zero attached hydrogens (tertiary/aromatic N) is 3. The van der Waals surface area contributed by atoms with Crippen LogP contribution in [0.25, 0.3) is 0 Å². The van der Waals surface area contributed by atoms with E-state index in [1.54, 1.807) is 6.07 Å². The topological polar surface area (TPSA) is 67.1 Å². The van der Waals surface area contributed by atoms with Crippen molar-refractivity contribution in [1.82, 2.24) is 9.97 Å². The first kappa shape index (κ1) is 14.1. The molecule has 106 valence electrons. The molecule has 0 saturated carbocycles. The van der Waals surface area contributed by atoms with Gasteiger partial charge in [0.15, 0.2) is 0 Å². The number of rotatable bonds is 4. The largest absolute Gasteiger partial charge is 0.384 e. The van der Waals surface area contributed by atoms with Crippen LogP contribution in [0.5, 0.6) is 0 Å². The fraction of sp³-hybridized carbons (Fsp3) is 0.333. The minimum absolute atomic E-state index is 0.239. The Morgan fingerprint density at radius 2 is 1.85 bits per heavy atom. The van der Waals surface area contributed by atoms with E-state index in [0.717, 1.165) is 23.0 Å². The van der Waals surface area contributed by atoms with Crippen molar-refractivity contribution in [3.8, 4) is 0 Å². The van der Waals surface area contributed by atoms with Crippen LogP contribution in [-0.4, -0.2) is 24.1 Å². The van der Waals surface area contributed by atoms with Gasteiger partial charge in [-0.3, -0.25) is 0 Å². The van der Waals surface area contributed by atoms with Crippen LogP contribution in [0.1, 0.15) is 25.6 Å². The average Bonchev–Trinajstić information content (AvgIpc) is 2.38.